The van der Waals surface area contributed by atoms with Crippen LogP contribution in [-0.4, -0.2) is 10.2 Å². The summed E-state index contributed by atoms with van der Waals surface area (Å²) in [5, 5.41) is 19.4. The van der Waals surface area contributed by atoms with E-state index in [-0.39, 0.29) is 16.9 Å². The van der Waals surface area contributed by atoms with Gasteiger partial charge in [-0.15, -0.1) is 0 Å². The molecule has 0 aliphatic heterocycles. The van der Waals surface area contributed by atoms with E-state index in [0.717, 1.165) is 0 Å². The number of phenols is 2. The van der Waals surface area contributed by atoms with Crippen LogP contribution in [0, 0.1) is 6.92 Å². The number of hydrogen-bond acceptors (Lipinski definition) is 5. The standard InChI is InChI=1S/C16H13NO4/c1-8-15(20)11-4-3-10(17)7-14(11)21-16(8)9-2-5-12(18)13(19)6-9/h2-7,18-19H,17H2,1H3. The number of anilines is 1. The van der Waals surface area contributed by atoms with Crippen LogP contribution >= 0.6 is 0 Å². The molecule has 0 aliphatic rings. The van der Waals surface area contributed by atoms with Crippen LogP contribution in [0.4, 0.5) is 5.69 Å². The first-order valence-electron chi connectivity index (χ1n) is 6.32. The molecule has 0 bridgehead atoms. The minimum absolute atomic E-state index is 0.154. The summed E-state index contributed by atoms with van der Waals surface area (Å²) < 4.78 is 5.76. The lowest BCUT2D eigenvalue weighted by molar-refractivity contribution is 0.404. The summed E-state index contributed by atoms with van der Waals surface area (Å²) in [6.45, 7) is 1.65. The van der Waals surface area contributed by atoms with Gasteiger partial charge in [-0.25, -0.2) is 0 Å². The molecule has 0 amide bonds. The van der Waals surface area contributed by atoms with Gasteiger partial charge in [0.25, 0.3) is 0 Å². The van der Waals surface area contributed by atoms with Crippen LogP contribution in [0.3, 0.4) is 0 Å². The zero-order chi connectivity index (χ0) is 15.1. The molecule has 0 fully saturated rings. The van der Waals surface area contributed by atoms with E-state index in [9.17, 15) is 15.0 Å². The first kappa shape index (κ1) is 13.1. The third kappa shape index (κ3) is 2.08. The summed E-state index contributed by atoms with van der Waals surface area (Å²) in [7, 11) is 0. The number of phenolic OH excluding ortho intramolecular Hbond substituents is 2. The van der Waals surface area contributed by atoms with Crippen molar-refractivity contribution in [2.45, 2.75) is 6.92 Å². The summed E-state index contributed by atoms with van der Waals surface area (Å²) in [5.41, 5.74) is 7.36. The van der Waals surface area contributed by atoms with E-state index >= 15 is 0 Å². The number of nitrogen functional groups attached to an aromatic ring is 1. The number of aromatic hydroxyl groups is 2. The zero-order valence-electron chi connectivity index (χ0n) is 11.3. The lowest BCUT2D eigenvalue weighted by Gasteiger charge is -2.08. The minimum atomic E-state index is -0.276. The molecule has 0 spiro atoms. The SMILES string of the molecule is Cc1c(-c2ccc(O)c(O)c2)oc2cc(N)ccc2c1=O. The van der Waals surface area contributed by atoms with Gasteiger partial charge in [0.15, 0.2) is 16.9 Å². The van der Waals surface area contributed by atoms with Gasteiger partial charge in [0, 0.05) is 22.9 Å². The van der Waals surface area contributed by atoms with Crippen molar-refractivity contribution in [1.29, 1.82) is 0 Å². The Morgan fingerprint density at radius 3 is 2.52 bits per heavy atom. The number of fused-ring (bicyclic) bond motifs is 1. The lowest BCUT2D eigenvalue weighted by Crippen LogP contribution is -2.07. The third-order valence-electron chi connectivity index (χ3n) is 3.38. The average Bonchev–Trinajstić information content (AvgIpc) is 2.45. The maximum Gasteiger partial charge on any atom is 0.196 e. The highest BCUT2D eigenvalue weighted by molar-refractivity contribution is 5.83. The van der Waals surface area contributed by atoms with Crippen molar-refractivity contribution in [3.8, 4) is 22.8 Å². The molecule has 3 aromatic rings. The number of hydrogen-bond donors (Lipinski definition) is 3. The quantitative estimate of drug-likeness (QED) is 0.471. The van der Waals surface area contributed by atoms with Crippen LogP contribution in [0.5, 0.6) is 11.5 Å². The Morgan fingerprint density at radius 1 is 1.05 bits per heavy atom. The third-order valence-corrected chi connectivity index (χ3v) is 3.38. The normalized spacial score (nSPS) is 10.9. The largest absolute Gasteiger partial charge is 0.504 e. The number of rotatable bonds is 1. The Labute approximate surface area is 119 Å². The van der Waals surface area contributed by atoms with Crippen LogP contribution in [-0.2, 0) is 0 Å². The molecule has 3 rings (SSSR count). The Kier molecular flexibility index (Phi) is 2.83. The van der Waals surface area contributed by atoms with Gasteiger partial charge in [-0.1, -0.05) is 0 Å². The van der Waals surface area contributed by atoms with E-state index in [1.165, 1.54) is 12.1 Å². The average molecular weight is 283 g/mol. The van der Waals surface area contributed by atoms with Crippen molar-refractivity contribution in [2.24, 2.45) is 0 Å². The fraction of sp³-hybridized carbons (Fsp3) is 0.0625. The summed E-state index contributed by atoms with van der Waals surface area (Å²) in [5.74, 6) is -0.167. The monoisotopic (exact) mass is 283 g/mol. The van der Waals surface area contributed by atoms with Gasteiger partial charge in [-0.3, -0.25) is 4.79 Å². The molecule has 5 heteroatoms. The van der Waals surface area contributed by atoms with Gasteiger partial charge in [0.2, 0.25) is 0 Å². The first-order chi connectivity index (χ1) is 9.97. The Bertz CT molecular complexity index is 912. The topological polar surface area (TPSA) is 96.7 Å². The van der Waals surface area contributed by atoms with Gasteiger partial charge in [0.1, 0.15) is 11.3 Å². The predicted octanol–water partition coefficient (Wildman–Crippen LogP) is 2.76. The van der Waals surface area contributed by atoms with E-state index in [2.05, 4.69) is 0 Å². The molecule has 0 unspecified atom stereocenters. The molecule has 0 atom stereocenters. The molecule has 1 aromatic heterocycles. The van der Waals surface area contributed by atoms with Crippen molar-refractivity contribution < 1.29 is 14.6 Å². The fourth-order valence-electron chi connectivity index (χ4n) is 2.24. The van der Waals surface area contributed by atoms with Crippen molar-refractivity contribution in [1.82, 2.24) is 0 Å². The Hall–Kier alpha value is -2.95. The van der Waals surface area contributed by atoms with Crippen molar-refractivity contribution >= 4 is 16.7 Å². The Balaban J connectivity index is 2.34. The minimum Gasteiger partial charge on any atom is -0.504 e. The molecule has 0 saturated heterocycles. The van der Waals surface area contributed by atoms with Crippen molar-refractivity contribution in [2.75, 3.05) is 5.73 Å². The summed E-state index contributed by atoms with van der Waals surface area (Å²) >= 11 is 0. The molecule has 0 radical (unpaired) electrons. The zero-order valence-corrected chi connectivity index (χ0v) is 11.3. The predicted molar refractivity (Wildman–Crippen MR) is 80.4 cm³/mol. The van der Waals surface area contributed by atoms with E-state index in [0.29, 0.717) is 33.5 Å². The van der Waals surface area contributed by atoms with Crippen LogP contribution in [0.15, 0.2) is 45.6 Å². The Morgan fingerprint density at radius 2 is 1.81 bits per heavy atom. The fourth-order valence-corrected chi connectivity index (χ4v) is 2.24. The van der Waals surface area contributed by atoms with Crippen molar-refractivity contribution in [3.05, 3.63) is 52.2 Å². The molecular weight excluding hydrogens is 270 g/mol. The number of benzene rings is 2. The summed E-state index contributed by atoms with van der Waals surface area (Å²) in [6.07, 6.45) is 0. The van der Waals surface area contributed by atoms with E-state index in [1.54, 1.807) is 31.2 Å². The molecule has 2 aromatic carbocycles. The van der Waals surface area contributed by atoms with Crippen molar-refractivity contribution in [3.63, 3.8) is 0 Å². The second kappa shape index (κ2) is 4.56. The summed E-state index contributed by atoms with van der Waals surface area (Å²) in [6, 6.07) is 9.11. The highest BCUT2D eigenvalue weighted by atomic mass is 16.3. The van der Waals surface area contributed by atoms with Gasteiger partial charge < -0.3 is 20.4 Å². The van der Waals surface area contributed by atoms with Gasteiger partial charge in [0.05, 0.1) is 5.39 Å². The van der Waals surface area contributed by atoms with Gasteiger partial charge >= 0.3 is 0 Å². The van der Waals surface area contributed by atoms with Crippen LogP contribution in [0.2, 0.25) is 0 Å². The lowest BCUT2D eigenvalue weighted by atomic mass is 10.1. The molecule has 0 saturated carbocycles. The molecular formula is C16H13NO4. The summed E-state index contributed by atoms with van der Waals surface area (Å²) in [4.78, 5) is 12.4. The highest BCUT2D eigenvalue weighted by Gasteiger charge is 2.14. The molecule has 21 heavy (non-hydrogen) atoms. The second-order valence-corrected chi connectivity index (χ2v) is 4.84. The number of nitrogens with two attached hydrogens (primary N) is 1. The van der Waals surface area contributed by atoms with E-state index < -0.39 is 0 Å². The second-order valence-electron chi connectivity index (χ2n) is 4.84. The van der Waals surface area contributed by atoms with E-state index in [4.69, 9.17) is 10.2 Å². The maximum absolute atomic E-state index is 12.4. The van der Waals surface area contributed by atoms with Gasteiger partial charge in [-0.05, 0) is 37.3 Å². The molecule has 4 N–H and O–H groups in total. The van der Waals surface area contributed by atoms with Crippen LogP contribution < -0.4 is 11.2 Å². The molecule has 106 valence electrons. The van der Waals surface area contributed by atoms with Crippen LogP contribution in [0.1, 0.15) is 5.56 Å². The van der Waals surface area contributed by atoms with Gasteiger partial charge in [-0.2, -0.15) is 0 Å². The molecule has 1 heterocycles. The van der Waals surface area contributed by atoms with Crippen LogP contribution in [0.25, 0.3) is 22.3 Å². The smallest absolute Gasteiger partial charge is 0.196 e. The molecule has 5 nitrogen and oxygen atoms in total. The first-order valence-corrected chi connectivity index (χ1v) is 6.32. The molecule has 0 aliphatic carbocycles. The highest BCUT2D eigenvalue weighted by Crippen LogP contribution is 2.32. The van der Waals surface area contributed by atoms with E-state index in [1.807, 2.05) is 0 Å². The maximum atomic E-state index is 12.4.